The second kappa shape index (κ2) is 27.8. The highest BCUT2D eigenvalue weighted by molar-refractivity contribution is 5.86. The maximum atomic E-state index is 12.0. The fourth-order valence-corrected chi connectivity index (χ4v) is 5.67. The average molecular weight is 535 g/mol. The van der Waals surface area contributed by atoms with Gasteiger partial charge >= 0.3 is 5.97 Å². The van der Waals surface area contributed by atoms with E-state index >= 15 is 0 Å². The van der Waals surface area contributed by atoms with E-state index in [1.54, 1.807) is 6.92 Å². The molecule has 0 rings (SSSR count). The van der Waals surface area contributed by atoms with Crippen LogP contribution in [-0.2, 0) is 9.53 Å². The van der Waals surface area contributed by atoms with E-state index in [1.807, 2.05) is 0 Å². The molecule has 0 saturated carbocycles. The quantitative estimate of drug-likeness (QED) is 0.0541. The summed E-state index contributed by atoms with van der Waals surface area (Å²) in [4.78, 5) is 12.0. The molecule has 0 fully saturated rings. The molecule has 3 atom stereocenters. The minimum atomic E-state index is -0.221. The van der Waals surface area contributed by atoms with Crippen LogP contribution in [0.4, 0.5) is 0 Å². The minimum absolute atomic E-state index is 0.221. The Labute approximate surface area is 240 Å². The van der Waals surface area contributed by atoms with Crippen molar-refractivity contribution in [2.75, 3.05) is 6.61 Å². The Bertz CT molecular complexity index is 525. The van der Waals surface area contributed by atoms with Gasteiger partial charge in [-0.05, 0) is 37.5 Å². The molecule has 38 heavy (non-hydrogen) atoms. The third-order valence-electron chi connectivity index (χ3n) is 8.52. The summed E-state index contributed by atoms with van der Waals surface area (Å²) in [5, 5.41) is 0. The summed E-state index contributed by atoms with van der Waals surface area (Å²) in [6.07, 6.45) is 32.8. The molecule has 0 N–H and O–H groups in total. The van der Waals surface area contributed by atoms with Gasteiger partial charge in [0.2, 0.25) is 0 Å². The number of rotatable bonds is 29. The molecule has 0 spiro atoms. The van der Waals surface area contributed by atoms with Gasteiger partial charge in [0.1, 0.15) is 0 Å². The van der Waals surface area contributed by atoms with E-state index in [-0.39, 0.29) is 5.97 Å². The van der Waals surface area contributed by atoms with Gasteiger partial charge in [0, 0.05) is 5.57 Å². The number of carbonyl (C=O) groups is 1. The van der Waals surface area contributed by atoms with Crippen molar-refractivity contribution in [3.05, 3.63) is 12.2 Å². The maximum Gasteiger partial charge on any atom is 0.333 e. The molecule has 0 aromatic heterocycles. The van der Waals surface area contributed by atoms with Crippen molar-refractivity contribution in [3.8, 4) is 0 Å². The molecule has 0 aromatic carbocycles. The molecule has 0 bridgehead atoms. The summed E-state index contributed by atoms with van der Waals surface area (Å²) in [5.74, 6) is 1.98. The van der Waals surface area contributed by atoms with Crippen molar-refractivity contribution in [1.29, 1.82) is 0 Å². The van der Waals surface area contributed by atoms with Crippen LogP contribution >= 0.6 is 0 Å². The summed E-state index contributed by atoms with van der Waals surface area (Å²) < 4.78 is 5.59. The first-order chi connectivity index (χ1) is 18.4. The molecule has 2 nitrogen and oxygen atoms in total. The van der Waals surface area contributed by atoms with Crippen LogP contribution in [0.1, 0.15) is 189 Å². The van der Waals surface area contributed by atoms with Crippen LogP contribution in [0.15, 0.2) is 12.2 Å². The Morgan fingerprint density at radius 1 is 0.553 bits per heavy atom. The van der Waals surface area contributed by atoms with E-state index in [0.717, 1.165) is 11.8 Å². The van der Waals surface area contributed by atoms with E-state index in [1.165, 1.54) is 154 Å². The Kier molecular flexibility index (Phi) is 27.2. The minimum Gasteiger partial charge on any atom is -0.462 e. The summed E-state index contributed by atoms with van der Waals surface area (Å²) in [6.45, 7) is 15.5. The second-order valence-electron chi connectivity index (χ2n) is 12.8. The highest BCUT2D eigenvalue weighted by atomic mass is 16.5. The van der Waals surface area contributed by atoms with Gasteiger partial charge in [-0.15, -0.1) is 0 Å². The molecule has 0 radical (unpaired) electrons. The first-order valence-corrected chi connectivity index (χ1v) is 17.2. The fourth-order valence-electron chi connectivity index (χ4n) is 5.67. The van der Waals surface area contributed by atoms with E-state index in [4.69, 9.17) is 4.74 Å². The summed E-state index contributed by atoms with van der Waals surface area (Å²) in [6, 6.07) is 0. The molecule has 0 aliphatic rings. The van der Waals surface area contributed by atoms with Crippen LogP contribution in [0.2, 0.25) is 0 Å². The van der Waals surface area contributed by atoms with Crippen LogP contribution in [0.3, 0.4) is 0 Å². The lowest BCUT2D eigenvalue weighted by Crippen LogP contribution is -2.15. The van der Waals surface area contributed by atoms with Crippen LogP contribution in [-0.4, -0.2) is 12.6 Å². The molecule has 0 amide bonds. The Morgan fingerprint density at radius 3 is 1.34 bits per heavy atom. The van der Waals surface area contributed by atoms with Gasteiger partial charge in [-0.25, -0.2) is 4.79 Å². The molecular formula is C36H70O2. The van der Waals surface area contributed by atoms with E-state index in [2.05, 4.69) is 34.3 Å². The van der Waals surface area contributed by atoms with Gasteiger partial charge in [-0.3, -0.25) is 0 Å². The molecule has 0 aliphatic heterocycles. The molecule has 0 saturated heterocycles. The van der Waals surface area contributed by atoms with Crippen molar-refractivity contribution in [2.24, 2.45) is 17.8 Å². The molecule has 226 valence electrons. The van der Waals surface area contributed by atoms with Crippen molar-refractivity contribution in [1.82, 2.24) is 0 Å². The zero-order valence-corrected chi connectivity index (χ0v) is 26.9. The Morgan fingerprint density at radius 2 is 0.895 bits per heavy atom. The zero-order chi connectivity index (χ0) is 28.3. The third-order valence-corrected chi connectivity index (χ3v) is 8.52. The summed E-state index contributed by atoms with van der Waals surface area (Å²) in [5.41, 5.74) is 0.516. The van der Waals surface area contributed by atoms with E-state index in [0.29, 0.717) is 18.1 Å². The predicted octanol–water partition coefficient (Wildman–Crippen LogP) is 12.4. The predicted molar refractivity (Wildman–Crippen MR) is 170 cm³/mol. The Balaban J connectivity index is 4.06. The number of unbranched alkanes of at least 4 members (excludes halogenated alkanes) is 14. The molecule has 2 heteroatoms. The van der Waals surface area contributed by atoms with Crippen LogP contribution in [0.25, 0.3) is 0 Å². The number of hydrogen-bond donors (Lipinski definition) is 0. The maximum absolute atomic E-state index is 12.0. The molecule has 0 aromatic rings. The van der Waals surface area contributed by atoms with E-state index < -0.39 is 0 Å². The third kappa shape index (κ3) is 25.5. The van der Waals surface area contributed by atoms with Crippen LogP contribution in [0.5, 0.6) is 0 Å². The number of esters is 1. The lowest BCUT2D eigenvalue weighted by molar-refractivity contribution is -0.140. The number of hydrogen-bond acceptors (Lipinski definition) is 2. The lowest BCUT2D eigenvalue weighted by Gasteiger charge is -2.19. The highest BCUT2D eigenvalue weighted by Crippen LogP contribution is 2.24. The van der Waals surface area contributed by atoms with Gasteiger partial charge in [-0.1, -0.05) is 176 Å². The van der Waals surface area contributed by atoms with Crippen molar-refractivity contribution in [2.45, 2.75) is 189 Å². The molecule has 3 unspecified atom stereocenters. The SMILES string of the molecule is C=C(C)C(=O)OCC(CCCCCC(C)CCCCCCCCC)CCCC(C)CCCCCCCCC. The molecular weight excluding hydrogens is 464 g/mol. The van der Waals surface area contributed by atoms with Crippen molar-refractivity contribution < 1.29 is 9.53 Å². The largest absolute Gasteiger partial charge is 0.462 e. The van der Waals surface area contributed by atoms with E-state index in [9.17, 15) is 4.79 Å². The monoisotopic (exact) mass is 535 g/mol. The smallest absolute Gasteiger partial charge is 0.333 e. The first-order valence-electron chi connectivity index (χ1n) is 17.2. The van der Waals surface area contributed by atoms with Gasteiger partial charge in [0.25, 0.3) is 0 Å². The topological polar surface area (TPSA) is 26.3 Å². The summed E-state index contributed by atoms with van der Waals surface area (Å²) >= 11 is 0. The van der Waals surface area contributed by atoms with Crippen LogP contribution in [0, 0.1) is 17.8 Å². The Hall–Kier alpha value is -0.790. The van der Waals surface area contributed by atoms with Crippen molar-refractivity contribution >= 4 is 5.97 Å². The van der Waals surface area contributed by atoms with Gasteiger partial charge in [0.05, 0.1) is 6.61 Å². The van der Waals surface area contributed by atoms with Crippen LogP contribution < -0.4 is 0 Å². The number of ether oxygens (including phenoxy) is 1. The molecule has 0 heterocycles. The van der Waals surface area contributed by atoms with Crippen molar-refractivity contribution in [3.63, 3.8) is 0 Å². The summed E-state index contributed by atoms with van der Waals surface area (Å²) in [7, 11) is 0. The zero-order valence-electron chi connectivity index (χ0n) is 26.9. The fraction of sp³-hybridized carbons (Fsp3) is 0.917. The van der Waals surface area contributed by atoms with Gasteiger partial charge in [-0.2, -0.15) is 0 Å². The average Bonchev–Trinajstić information content (AvgIpc) is 2.89. The standard InChI is InChI=1S/C36H70O2/c1-7-9-11-13-15-17-20-25-33(5)27-22-19-23-29-35(31-38-36(37)32(3)4)30-24-28-34(6)26-21-18-16-14-12-10-8-2/h33-35H,3,7-31H2,1-2,4-6H3. The number of carbonyl (C=O) groups excluding carboxylic acids is 1. The van der Waals surface area contributed by atoms with Gasteiger partial charge in [0.15, 0.2) is 0 Å². The normalized spacial score (nSPS) is 13.8. The second-order valence-corrected chi connectivity index (χ2v) is 12.8. The van der Waals surface area contributed by atoms with Gasteiger partial charge < -0.3 is 4.74 Å². The first kappa shape index (κ1) is 37.2. The highest BCUT2D eigenvalue weighted by Gasteiger charge is 2.14. The lowest BCUT2D eigenvalue weighted by atomic mass is 9.91. The molecule has 0 aliphatic carbocycles.